The highest BCUT2D eigenvalue weighted by atomic mass is 14.9. The first-order chi connectivity index (χ1) is 10.0. The number of hydrogen-bond donors (Lipinski definition) is 2. The number of hydrogen-bond acceptors (Lipinski definition) is 3. The van der Waals surface area contributed by atoms with E-state index in [0.717, 1.165) is 33.7 Å². The van der Waals surface area contributed by atoms with Crippen LogP contribution >= 0.6 is 0 Å². The number of fused-ring (bicyclic) bond motifs is 1. The van der Waals surface area contributed by atoms with Crippen LogP contribution in [0.4, 0.5) is 17.1 Å². The highest BCUT2D eigenvalue weighted by Gasteiger charge is 2.07. The molecule has 1 heterocycles. The second kappa shape index (κ2) is 5.09. The molecule has 0 radical (unpaired) electrons. The molecule has 0 aliphatic rings. The van der Waals surface area contributed by atoms with Gasteiger partial charge in [0.05, 0.1) is 5.52 Å². The van der Waals surface area contributed by atoms with Gasteiger partial charge in [-0.05, 0) is 62.2 Å². The van der Waals surface area contributed by atoms with Gasteiger partial charge in [0.2, 0.25) is 0 Å². The highest BCUT2D eigenvalue weighted by molar-refractivity contribution is 5.95. The van der Waals surface area contributed by atoms with Crippen molar-refractivity contribution in [3.63, 3.8) is 0 Å². The molecule has 21 heavy (non-hydrogen) atoms. The van der Waals surface area contributed by atoms with Gasteiger partial charge >= 0.3 is 0 Å². The minimum absolute atomic E-state index is 0.747. The smallest absolute Gasteiger partial charge is 0.0727 e. The van der Waals surface area contributed by atoms with Gasteiger partial charge in [-0.15, -0.1) is 0 Å². The normalized spacial score (nSPS) is 10.8. The summed E-state index contributed by atoms with van der Waals surface area (Å²) >= 11 is 0. The zero-order valence-corrected chi connectivity index (χ0v) is 12.6. The van der Waals surface area contributed by atoms with Gasteiger partial charge in [0.25, 0.3) is 0 Å². The van der Waals surface area contributed by atoms with E-state index in [2.05, 4.69) is 48.4 Å². The van der Waals surface area contributed by atoms with Crippen LogP contribution in [0.2, 0.25) is 0 Å². The average molecular weight is 277 g/mol. The topological polar surface area (TPSA) is 50.9 Å². The molecule has 1 aromatic heterocycles. The minimum atomic E-state index is 0.747. The van der Waals surface area contributed by atoms with Crippen molar-refractivity contribution in [2.75, 3.05) is 11.1 Å². The van der Waals surface area contributed by atoms with Crippen LogP contribution in [0.3, 0.4) is 0 Å². The molecule has 0 spiro atoms. The molecule has 3 heteroatoms. The zero-order valence-electron chi connectivity index (χ0n) is 12.6. The molecule has 0 bridgehead atoms. The summed E-state index contributed by atoms with van der Waals surface area (Å²) in [5, 5.41) is 4.57. The second-order valence-corrected chi connectivity index (χ2v) is 5.46. The van der Waals surface area contributed by atoms with E-state index in [1.54, 1.807) is 0 Å². The lowest BCUT2D eigenvalue weighted by Crippen LogP contribution is -1.98. The Kier molecular flexibility index (Phi) is 3.26. The predicted molar refractivity (Wildman–Crippen MR) is 90.1 cm³/mol. The van der Waals surface area contributed by atoms with Gasteiger partial charge in [-0.25, -0.2) is 0 Å². The lowest BCUT2D eigenvalue weighted by Gasteiger charge is -2.14. The molecule has 0 aliphatic heterocycles. The summed E-state index contributed by atoms with van der Waals surface area (Å²) in [5.41, 5.74) is 13.3. The molecule has 3 N–H and O–H groups in total. The molecule has 0 fully saturated rings. The predicted octanol–water partition coefficient (Wildman–Crippen LogP) is 4.49. The van der Waals surface area contributed by atoms with Crippen LogP contribution in [0.15, 0.2) is 42.5 Å². The number of nitrogens with two attached hydrogens (primary N) is 1. The number of aryl methyl sites for hydroxylation is 2. The van der Waals surface area contributed by atoms with Crippen molar-refractivity contribution < 1.29 is 0 Å². The van der Waals surface area contributed by atoms with Crippen LogP contribution in [-0.4, -0.2) is 4.98 Å². The zero-order chi connectivity index (χ0) is 15.0. The molecule has 0 aliphatic carbocycles. The molecular formula is C18H19N3. The van der Waals surface area contributed by atoms with Crippen LogP contribution in [0, 0.1) is 20.8 Å². The highest BCUT2D eigenvalue weighted by Crippen LogP contribution is 2.29. The molecule has 2 aromatic carbocycles. The quantitative estimate of drug-likeness (QED) is 0.679. The van der Waals surface area contributed by atoms with Gasteiger partial charge in [-0.1, -0.05) is 12.1 Å². The van der Waals surface area contributed by atoms with Gasteiger partial charge in [0.15, 0.2) is 0 Å². The van der Waals surface area contributed by atoms with Crippen LogP contribution in [0.5, 0.6) is 0 Å². The van der Waals surface area contributed by atoms with E-state index in [9.17, 15) is 0 Å². The second-order valence-electron chi connectivity index (χ2n) is 5.46. The maximum absolute atomic E-state index is 5.92. The minimum Gasteiger partial charge on any atom is -0.399 e. The average Bonchev–Trinajstić information content (AvgIpc) is 2.44. The fourth-order valence-corrected chi connectivity index (χ4v) is 2.51. The molecule has 0 saturated carbocycles. The molecule has 106 valence electrons. The third-order valence-corrected chi connectivity index (χ3v) is 3.83. The van der Waals surface area contributed by atoms with Crippen molar-refractivity contribution in [3.05, 3.63) is 59.3 Å². The van der Waals surface area contributed by atoms with Gasteiger partial charge in [-0.3, -0.25) is 4.98 Å². The molecule has 0 unspecified atom stereocenters. The van der Waals surface area contributed by atoms with Gasteiger partial charge in [-0.2, -0.15) is 0 Å². The monoisotopic (exact) mass is 277 g/mol. The largest absolute Gasteiger partial charge is 0.399 e. The lowest BCUT2D eigenvalue weighted by atomic mass is 10.1. The molecule has 0 saturated heterocycles. The number of anilines is 3. The van der Waals surface area contributed by atoms with Crippen molar-refractivity contribution in [2.45, 2.75) is 20.8 Å². The van der Waals surface area contributed by atoms with E-state index in [4.69, 9.17) is 5.73 Å². The summed E-state index contributed by atoms with van der Waals surface area (Å²) in [6.07, 6.45) is 0. The molecule has 0 amide bonds. The summed E-state index contributed by atoms with van der Waals surface area (Å²) in [4.78, 5) is 4.56. The molecule has 3 rings (SSSR count). The fraction of sp³-hybridized carbons (Fsp3) is 0.167. The Morgan fingerprint density at radius 3 is 2.57 bits per heavy atom. The first kappa shape index (κ1) is 13.4. The van der Waals surface area contributed by atoms with Crippen molar-refractivity contribution in [1.29, 1.82) is 0 Å². The number of nitrogens with one attached hydrogen (secondary N) is 1. The number of nitrogen functional groups attached to an aromatic ring is 1. The molecule has 0 atom stereocenters. The maximum atomic E-state index is 5.92. The van der Waals surface area contributed by atoms with Crippen molar-refractivity contribution in [1.82, 2.24) is 4.98 Å². The molecular weight excluding hydrogens is 258 g/mol. The first-order valence-electron chi connectivity index (χ1n) is 7.05. The fourth-order valence-electron chi connectivity index (χ4n) is 2.51. The Bertz CT molecular complexity index is 822. The molecule has 3 nitrogen and oxygen atoms in total. The Morgan fingerprint density at radius 2 is 1.76 bits per heavy atom. The van der Waals surface area contributed by atoms with Gasteiger partial charge < -0.3 is 11.1 Å². The van der Waals surface area contributed by atoms with E-state index in [1.165, 1.54) is 11.1 Å². The lowest BCUT2D eigenvalue weighted by molar-refractivity contribution is 1.25. The van der Waals surface area contributed by atoms with E-state index < -0.39 is 0 Å². The van der Waals surface area contributed by atoms with Crippen LogP contribution in [0.25, 0.3) is 10.9 Å². The Hall–Kier alpha value is -2.55. The summed E-state index contributed by atoms with van der Waals surface area (Å²) in [5.74, 6) is 0. The van der Waals surface area contributed by atoms with Crippen molar-refractivity contribution in [2.24, 2.45) is 0 Å². The Morgan fingerprint density at radius 1 is 0.952 bits per heavy atom. The SMILES string of the molecule is Cc1cc(Nc2cccc(C)c2C)c2cc(N)ccc2n1. The summed E-state index contributed by atoms with van der Waals surface area (Å²) < 4.78 is 0. The number of rotatable bonds is 2. The van der Waals surface area contributed by atoms with E-state index in [0.29, 0.717) is 0 Å². The third kappa shape index (κ3) is 2.55. The summed E-state index contributed by atoms with van der Waals surface area (Å²) in [6.45, 7) is 6.25. The first-order valence-corrected chi connectivity index (χ1v) is 7.05. The standard InChI is InChI=1S/C18H19N3/c1-11-5-4-6-16(13(11)3)21-18-9-12(2)20-17-8-7-14(19)10-15(17)18/h4-10H,19H2,1-3H3,(H,20,21). The van der Waals surface area contributed by atoms with E-state index >= 15 is 0 Å². The van der Waals surface area contributed by atoms with Gasteiger partial charge in [0, 0.05) is 28.1 Å². The van der Waals surface area contributed by atoms with Crippen molar-refractivity contribution in [3.8, 4) is 0 Å². The number of pyridine rings is 1. The van der Waals surface area contributed by atoms with Crippen LogP contribution in [0.1, 0.15) is 16.8 Å². The Labute approximate surface area is 124 Å². The summed E-state index contributed by atoms with van der Waals surface area (Å²) in [7, 11) is 0. The molecule has 3 aromatic rings. The maximum Gasteiger partial charge on any atom is 0.0727 e. The van der Waals surface area contributed by atoms with Crippen molar-refractivity contribution >= 4 is 28.0 Å². The van der Waals surface area contributed by atoms with E-state index in [1.807, 2.05) is 25.1 Å². The number of nitrogens with zero attached hydrogens (tertiary/aromatic N) is 1. The number of benzene rings is 2. The number of aromatic nitrogens is 1. The van der Waals surface area contributed by atoms with E-state index in [-0.39, 0.29) is 0 Å². The van der Waals surface area contributed by atoms with Gasteiger partial charge in [0.1, 0.15) is 0 Å². The van der Waals surface area contributed by atoms with Crippen LogP contribution < -0.4 is 11.1 Å². The summed E-state index contributed by atoms with van der Waals surface area (Å²) in [6, 6.07) is 14.2. The Balaban J connectivity index is 2.15. The van der Waals surface area contributed by atoms with Crippen LogP contribution in [-0.2, 0) is 0 Å². The third-order valence-electron chi connectivity index (χ3n) is 3.83.